The van der Waals surface area contributed by atoms with Gasteiger partial charge in [0.25, 0.3) is 0 Å². The highest BCUT2D eigenvalue weighted by molar-refractivity contribution is 6.28. The molecule has 2 aromatic heterocycles. The third kappa shape index (κ3) is 2.80. The number of H-pyrrole nitrogens is 1. The quantitative estimate of drug-likeness (QED) is 0.644. The van der Waals surface area contributed by atoms with Crippen LogP contribution >= 0.6 is 11.6 Å². The van der Waals surface area contributed by atoms with Gasteiger partial charge in [-0.1, -0.05) is 12.1 Å². The SMILES string of the molecule is NC(=O)c1ccc(CNc2nc(Cl)nc3[nH]ccc23)cc1. The summed E-state index contributed by atoms with van der Waals surface area (Å²) in [5, 5.41) is 4.25. The molecule has 0 saturated heterocycles. The van der Waals surface area contributed by atoms with Crippen LogP contribution in [0.4, 0.5) is 5.82 Å². The number of amides is 1. The van der Waals surface area contributed by atoms with Crippen LogP contribution < -0.4 is 11.1 Å². The summed E-state index contributed by atoms with van der Waals surface area (Å²) >= 11 is 5.88. The van der Waals surface area contributed by atoms with E-state index in [0.29, 0.717) is 23.6 Å². The maximum atomic E-state index is 11.0. The fourth-order valence-corrected chi connectivity index (χ4v) is 2.19. The molecule has 1 aromatic carbocycles. The van der Waals surface area contributed by atoms with E-state index < -0.39 is 5.91 Å². The zero-order valence-electron chi connectivity index (χ0n) is 10.9. The Morgan fingerprint density at radius 2 is 2.00 bits per heavy atom. The van der Waals surface area contributed by atoms with E-state index in [1.165, 1.54) is 0 Å². The molecule has 0 aliphatic carbocycles. The number of anilines is 1. The molecule has 0 unspecified atom stereocenters. The van der Waals surface area contributed by atoms with Crippen LogP contribution in [-0.4, -0.2) is 20.9 Å². The number of fused-ring (bicyclic) bond motifs is 1. The van der Waals surface area contributed by atoms with Gasteiger partial charge in [-0.25, -0.2) is 4.98 Å². The molecule has 7 heteroatoms. The number of primary amides is 1. The molecule has 3 rings (SSSR count). The van der Waals surface area contributed by atoms with Crippen LogP contribution in [0, 0.1) is 0 Å². The molecule has 1 amide bonds. The molecule has 106 valence electrons. The maximum absolute atomic E-state index is 11.0. The van der Waals surface area contributed by atoms with Gasteiger partial charge in [-0.3, -0.25) is 4.79 Å². The summed E-state index contributed by atoms with van der Waals surface area (Å²) < 4.78 is 0. The Kier molecular flexibility index (Phi) is 3.45. The van der Waals surface area contributed by atoms with Crippen molar-refractivity contribution < 1.29 is 4.79 Å². The van der Waals surface area contributed by atoms with Crippen molar-refractivity contribution in [2.24, 2.45) is 5.73 Å². The van der Waals surface area contributed by atoms with Crippen LogP contribution in [0.2, 0.25) is 5.28 Å². The van der Waals surface area contributed by atoms with E-state index in [-0.39, 0.29) is 5.28 Å². The van der Waals surface area contributed by atoms with Crippen LogP contribution in [0.25, 0.3) is 11.0 Å². The molecule has 2 heterocycles. The summed E-state index contributed by atoms with van der Waals surface area (Å²) in [6.07, 6.45) is 1.78. The van der Waals surface area contributed by atoms with Crippen molar-refractivity contribution in [1.29, 1.82) is 0 Å². The van der Waals surface area contributed by atoms with Crippen LogP contribution in [0.5, 0.6) is 0 Å². The summed E-state index contributed by atoms with van der Waals surface area (Å²) in [5.41, 5.74) is 7.37. The number of hydrogen-bond acceptors (Lipinski definition) is 4. The average molecular weight is 302 g/mol. The molecule has 6 nitrogen and oxygen atoms in total. The van der Waals surface area contributed by atoms with Gasteiger partial charge in [0.2, 0.25) is 11.2 Å². The highest BCUT2D eigenvalue weighted by Crippen LogP contribution is 2.21. The molecule has 21 heavy (non-hydrogen) atoms. The molecule has 0 fully saturated rings. The normalized spacial score (nSPS) is 10.7. The zero-order valence-corrected chi connectivity index (χ0v) is 11.7. The minimum Gasteiger partial charge on any atom is -0.366 e. The molecule has 0 radical (unpaired) electrons. The number of rotatable bonds is 4. The predicted molar refractivity (Wildman–Crippen MR) is 81.2 cm³/mol. The van der Waals surface area contributed by atoms with Crippen molar-refractivity contribution in [2.45, 2.75) is 6.54 Å². The van der Waals surface area contributed by atoms with E-state index in [2.05, 4.69) is 20.3 Å². The first-order chi connectivity index (χ1) is 10.1. The minimum atomic E-state index is -0.439. The number of halogens is 1. The Hall–Kier alpha value is -2.60. The highest BCUT2D eigenvalue weighted by atomic mass is 35.5. The number of nitrogens with two attached hydrogens (primary N) is 1. The van der Waals surface area contributed by atoms with Gasteiger partial charge in [-0.2, -0.15) is 4.98 Å². The highest BCUT2D eigenvalue weighted by Gasteiger charge is 2.07. The lowest BCUT2D eigenvalue weighted by molar-refractivity contribution is 0.100. The smallest absolute Gasteiger partial charge is 0.248 e. The molecule has 0 bridgehead atoms. The third-order valence-corrected chi connectivity index (χ3v) is 3.26. The van der Waals surface area contributed by atoms with E-state index in [4.69, 9.17) is 17.3 Å². The second-order valence-corrected chi connectivity index (χ2v) is 4.83. The Balaban J connectivity index is 1.80. The lowest BCUT2D eigenvalue weighted by Crippen LogP contribution is -2.11. The summed E-state index contributed by atoms with van der Waals surface area (Å²) in [5.74, 6) is 0.219. The van der Waals surface area contributed by atoms with Crippen molar-refractivity contribution in [3.8, 4) is 0 Å². The molecule has 3 aromatic rings. The van der Waals surface area contributed by atoms with Crippen LogP contribution in [0.3, 0.4) is 0 Å². The second-order valence-electron chi connectivity index (χ2n) is 4.50. The molecular formula is C14H12ClN5O. The van der Waals surface area contributed by atoms with Gasteiger partial charge in [0.1, 0.15) is 11.5 Å². The Morgan fingerprint density at radius 3 is 2.71 bits per heavy atom. The Morgan fingerprint density at radius 1 is 1.24 bits per heavy atom. The Bertz CT molecular complexity index is 797. The van der Waals surface area contributed by atoms with Gasteiger partial charge in [-0.15, -0.1) is 0 Å². The fourth-order valence-electron chi connectivity index (χ4n) is 2.02. The van der Waals surface area contributed by atoms with E-state index >= 15 is 0 Å². The van der Waals surface area contributed by atoms with Crippen molar-refractivity contribution in [1.82, 2.24) is 15.0 Å². The first kappa shape index (κ1) is 13.4. The molecule has 0 spiro atoms. The third-order valence-electron chi connectivity index (χ3n) is 3.09. The van der Waals surface area contributed by atoms with Crippen LogP contribution in [0.1, 0.15) is 15.9 Å². The van der Waals surface area contributed by atoms with Crippen molar-refractivity contribution >= 4 is 34.4 Å². The van der Waals surface area contributed by atoms with Gasteiger partial charge < -0.3 is 16.0 Å². The van der Waals surface area contributed by atoms with Gasteiger partial charge in [-0.05, 0) is 35.4 Å². The molecule has 4 N–H and O–H groups in total. The number of hydrogen-bond donors (Lipinski definition) is 3. The first-order valence-electron chi connectivity index (χ1n) is 6.27. The average Bonchev–Trinajstić information content (AvgIpc) is 2.93. The van der Waals surface area contributed by atoms with Crippen LogP contribution in [0.15, 0.2) is 36.5 Å². The molecular weight excluding hydrogens is 290 g/mol. The van der Waals surface area contributed by atoms with Gasteiger partial charge in [0, 0.05) is 18.3 Å². The number of nitrogens with zero attached hydrogens (tertiary/aromatic N) is 2. The van der Waals surface area contributed by atoms with E-state index in [1.54, 1.807) is 18.3 Å². The van der Waals surface area contributed by atoms with Gasteiger partial charge in [0.15, 0.2) is 0 Å². The summed E-state index contributed by atoms with van der Waals surface area (Å²) in [6, 6.07) is 8.94. The molecule has 0 aliphatic heterocycles. The summed E-state index contributed by atoms with van der Waals surface area (Å²) in [6.45, 7) is 0.548. The number of aromatic amines is 1. The maximum Gasteiger partial charge on any atom is 0.248 e. The lowest BCUT2D eigenvalue weighted by Gasteiger charge is -2.07. The van der Waals surface area contributed by atoms with Crippen molar-refractivity contribution in [3.05, 3.63) is 52.9 Å². The second kappa shape index (κ2) is 5.41. The monoisotopic (exact) mass is 301 g/mol. The minimum absolute atomic E-state index is 0.177. The number of carbonyl (C=O) groups is 1. The largest absolute Gasteiger partial charge is 0.366 e. The van der Waals surface area contributed by atoms with Crippen molar-refractivity contribution in [3.63, 3.8) is 0 Å². The lowest BCUT2D eigenvalue weighted by atomic mass is 10.1. The number of benzene rings is 1. The zero-order chi connectivity index (χ0) is 14.8. The van der Waals surface area contributed by atoms with Crippen molar-refractivity contribution in [2.75, 3.05) is 5.32 Å². The number of aromatic nitrogens is 3. The molecule has 0 aliphatic rings. The summed E-state index contributed by atoms with van der Waals surface area (Å²) in [4.78, 5) is 22.3. The molecule has 0 saturated carbocycles. The topological polar surface area (TPSA) is 96.7 Å². The number of carbonyl (C=O) groups excluding carboxylic acids is 1. The Labute approximate surface area is 125 Å². The van der Waals surface area contributed by atoms with E-state index in [1.807, 2.05) is 18.2 Å². The molecule has 0 atom stereocenters. The van der Waals surface area contributed by atoms with Crippen LogP contribution in [-0.2, 0) is 6.54 Å². The van der Waals surface area contributed by atoms with Gasteiger partial charge >= 0.3 is 0 Å². The van der Waals surface area contributed by atoms with E-state index in [0.717, 1.165) is 10.9 Å². The predicted octanol–water partition coefficient (Wildman–Crippen LogP) is 2.32. The number of nitrogens with one attached hydrogen (secondary N) is 2. The van der Waals surface area contributed by atoms with E-state index in [9.17, 15) is 4.79 Å². The first-order valence-corrected chi connectivity index (χ1v) is 6.64. The standard InChI is InChI=1S/C14H12ClN5O/c15-14-19-12-10(5-6-17-12)13(20-14)18-7-8-1-3-9(4-2-8)11(16)21/h1-6H,7H2,(H2,16,21)(H2,17,18,19,20). The van der Waals surface area contributed by atoms with Gasteiger partial charge in [0.05, 0.1) is 5.39 Å². The fraction of sp³-hybridized carbons (Fsp3) is 0.0714. The summed E-state index contributed by atoms with van der Waals surface area (Å²) in [7, 11) is 0.